The minimum atomic E-state index is -0.0897. The van der Waals surface area contributed by atoms with E-state index in [2.05, 4.69) is 22.2 Å². The Labute approximate surface area is 140 Å². The van der Waals surface area contributed by atoms with Crippen LogP contribution in [0.2, 0.25) is 0 Å². The van der Waals surface area contributed by atoms with Crippen LogP contribution >= 0.6 is 0 Å². The first kappa shape index (κ1) is 16.4. The van der Waals surface area contributed by atoms with Crippen LogP contribution in [0.3, 0.4) is 0 Å². The van der Waals surface area contributed by atoms with Crippen molar-refractivity contribution in [2.24, 2.45) is 0 Å². The number of carbonyl (C=O) groups excluding carboxylic acids is 2. The van der Waals surface area contributed by atoms with Crippen molar-refractivity contribution in [3.63, 3.8) is 0 Å². The molecule has 1 amide bonds. The number of carbonyl (C=O) groups is 2. The second kappa shape index (κ2) is 7.38. The van der Waals surface area contributed by atoms with Crippen molar-refractivity contribution in [3.05, 3.63) is 41.6 Å². The largest absolute Gasteiger partial charge is 0.469 e. The van der Waals surface area contributed by atoms with Crippen molar-refractivity contribution in [2.45, 2.75) is 51.4 Å². The lowest BCUT2D eigenvalue weighted by atomic mass is 9.85. The summed E-state index contributed by atoms with van der Waals surface area (Å²) in [4.78, 5) is 32.7. The van der Waals surface area contributed by atoms with Crippen LogP contribution in [-0.2, 0) is 11.2 Å². The topological polar surface area (TPSA) is 85.1 Å². The predicted octanol–water partition coefficient (Wildman–Crippen LogP) is 3.50. The number of hydrogen-bond donors (Lipinski definition) is 1. The maximum Gasteiger partial charge on any atom is 0.229 e. The summed E-state index contributed by atoms with van der Waals surface area (Å²) in [5.74, 6) is 0.968. The molecule has 1 aliphatic carbocycles. The van der Waals surface area contributed by atoms with Crippen molar-refractivity contribution in [1.29, 1.82) is 0 Å². The van der Waals surface area contributed by atoms with Crippen LogP contribution in [0.5, 0.6) is 0 Å². The van der Waals surface area contributed by atoms with Crippen molar-refractivity contribution in [3.8, 4) is 0 Å². The van der Waals surface area contributed by atoms with Gasteiger partial charge in [0.25, 0.3) is 0 Å². The highest BCUT2D eigenvalue weighted by Crippen LogP contribution is 2.32. The summed E-state index contributed by atoms with van der Waals surface area (Å²) in [6, 6.07) is 3.69. The molecule has 126 valence electrons. The quantitative estimate of drug-likeness (QED) is 0.821. The zero-order valence-corrected chi connectivity index (χ0v) is 13.7. The Morgan fingerprint density at radius 1 is 1.38 bits per heavy atom. The van der Waals surface area contributed by atoms with Gasteiger partial charge in [-0.05, 0) is 18.6 Å². The van der Waals surface area contributed by atoms with Gasteiger partial charge in [-0.3, -0.25) is 14.9 Å². The van der Waals surface area contributed by atoms with Crippen LogP contribution in [0, 0.1) is 0 Å². The van der Waals surface area contributed by atoms with Crippen LogP contribution in [-0.4, -0.2) is 21.7 Å². The zero-order chi connectivity index (χ0) is 16.9. The van der Waals surface area contributed by atoms with Gasteiger partial charge in [0.15, 0.2) is 5.78 Å². The zero-order valence-electron chi connectivity index (χ0n) is 13.7. The van der Waals surface area contributed by atoms with E-state index in [4.69, 9.17) is 4.42 Å². The highest BCUT2D eigenvalue weighted by Gasteiger charge is 2.29. The summed E-state index contributed by atoms with van der Waals surface area (Å²) in [5.41, 5.74) is 1.22. The molecule has 6 heteroatoms. The summed E-state index contributed by atoms with van der Waals surface area (Å²) in [6.07, 6.45) is 7.54. The van der Waals surface area contributed by atoms with Gasteiger partial charge >= 0.3 is 0 Å². The third kappa shape index (κ3) is 3.69. The number of nitrogens with zero attached hydrogens (tertiary/aromatic N) is 2. The number of unbranched alkanes of at least 4 members (excludes halogenated alkanes) is 2. The summed E-state index contributed by atoms with van der Waals surface area (Å²) < 4.78 is 5.42. The van der Waals surface area contributed by atoms with E-state index in [0.29, 0.717) is 30.5 Å². The van der Waals surface area contributed by atoms with Gasteiger partial charge < -0.3 is 4.42 Å². The SMILES string of the molecule is CCCCCC(=O)Nc1ncc2c(n1)CC(c1ccco1)CC2=O. The average molecular weight is 327 g/mol. The molecule has 1 N–H and O–H groups in total. The van der Waals surface area contributed by atoms with Gasteiger partial charge in [0.1, 0.15) is 5.76 Å². The van der Waals surface area contributed by atoms with Crippen molar-refractivity contribution in [1.82, 2.24) is 9.97 Å². The van der Waals surface area contributed by atoms with Crippen molar-refractivity contribution < 1.29 is 14.0 Å². The Hall–Kier alpha value is -2.50. The molecule has 1 aliphatic rings. The molecule has 0 radical (unpaired) electrons. The Kier molecular flexibility index (Phi) is 5.03. The first-order chi connectivity index (χ1) is 11.7. The second-order valence-electron chi connectivity index (χ2n) is 6.10. The van der Waals surface area contributed by atoms with Gasteiger partial charge in [-0.15, -0.1) is 0 Å². The molecule has 0 saturated carbocycles. The normalized spacial score (nSPS) is 16.7. The highest BCUT2D eigenvalue weighted by molar-refractivity contribution is 5.98. The summed E-state index contributed by atoms with van der Waals surface area (Å²) in [7, 11) is 0. The Morgan fingerprint density at radius 2 is 2.25 bits per heavy atom. The third-order valence-electron chi connectivity index (χ3n) is 4.24. The van der Waals surface area contributed by atoms with Crippen molar-refractivity contribution in [2.75, 3.05) is 5.32 Å². The first-order valence-electron chi connectivity index (χ1n) is 8.39. The van der Waals surface area contributed by atoms with E-state index in [1.54, 1.807) is 6.26 Å². The number of anilines is 1. The fraction of sp³-hybridized carbons (Fsp3) is 0.444. The second-order valence-corrected chi connectivity index (χ2v) is 6.10. The van der Waals surface area contributed by atoms with Crippen molar-refractivity contribution >= 4 is 17.6 Å². The molecule has 0 bridgehead atoms. The molecule has 24 heavy (non-hydrogen) atoms. The van der Waals surface area contributed by atoms with Crippen LogP contribution < -0.4 is 5.32 Å². The lowest BCUT2D eigenvalue weighted by molar-refractivity contribution is -0.116. The van der Waals surface area contributed by atoms with Crippen LogP contribution in [0.4, 0.5) is 5.95 Å². The standard InChI is InChI=1S/C18H21N3O3/c1-2-3-4-7-17(23)21-18-19-11-13-14(20-18)9-12(10-15(13)22)16-6-5-8-24-16/h5-6,8,11-12H,2-4,7,9-10H2,1H3,(H,19,20,21,23). The number of aromatic nitrogens is 2. The minimum Gasteiger partial charge on any atom is -0.469 e. The molecule has 0 saturated heterocycles. The van der Waals surface area contributed by atoms with Crippen LogP contribution in [0.1, 0.15) is 66.8 Å². The number of fused-ring (bicyclic) bond motifs is 1. The monoisotopic (exact) mass is 327 g/mol. The Balaban J connectivity index is 1.72. The van der Waals surface area contributed by atoms with E-state index in [-0.39, 0.29) is 23.6 Å². The molecule has 1 unspecified atom stereocenters. The van der Waals surface area contributed by atoms with Crippen LogP contribution in [0.25, 0.3) is 0 Å². The number of amides is 1. The molecule has 6 nitrogen and oxygen atoms in total. The van der Waals surface area contributed by atoms with E-state index in [1.165, 1.54) is 6.20 Å². The molecule has 1 atom stereocenters. The lowest BCUT2D eigenvalue weighted by Crippen LogP contribution is -2.22. The predicted molar refractivity (Wildman–Crippen MR) is 88.9 cm³/mol. The van der Waals surface area contributed by atoms with Gasteiger partial charge in [-0.1, -0.05) is 19.8 Å². The number of furan rings is 1. The molecule has 2 aromatic heterocycles. The number of nitrogens with one attached hydrogen (secondary N) is 1. The molecule has 0 aliphatic heterocycles. The molecule has 0 fully saturated rings. The minimum absolute atomic E-state index is 0.0111. The summed E-state index contributed by atoms with van der Waals surface area (Å²) in [5, 5.41) is 2.72. The maximum absolute atomic E-state index is 12.3. The van der Waals surface area contributed by atoms with Crippen LogP contribution in [0.15, 0.2) is 29.0 Å². The number of rotatable bonds is 6. The van der Waals surface area contributed by atoms with E-state index < -0.39 is 0 Å². The van der Waals surface area contributed by atoms with Gasteiger partial charge in [-0.2, -0.15) is 0 Å². The fourth-order valence-corrected chi connectivity index (χ4v) is 2.95. The number of ketones is 1. The van der Waals surface area contributed by atoms with Gasteiger partial charge in [-0.25, -0.2) is 9.97 Å². The highest BCUT2D eigenvalue weighted by atomic mass is 16.3. The fourth-order valence-electron chi connectivity index (χ4n) is 2.95. The molecule has 0 aromatic carbocycles. The van der Waals surface area contributed by atoms with E-state index >= 15 is 0 Å². The lowest BCUT2D eigenvalue weighted by Gasteiger charge is -2.21. The van der Waals surface area contributed by atoms with Gasteiger partial charge in [0.2, 0.25) is 11.9 Å². The molecule has 3 rings (SSSR count). The van der Waals surface area contributed by atoms with Gasteiger partial charge in [0.05, 0.1) is 17.5 Å². The average Bonchev–Trinajstić information content (AvgIpc) is 3.09. The summed E-state index contributed by atoms with van der Waals surface area (Å²) >= 11 is 0. The number of Topliss-reactive ketones (excluding diaryl/α,β-unsaturated/α-hetero) is 1. The van der Waals surface area contributed by atoms with E-state index in [9.17, 15) is 9.59 Å². The summed E-state index contributed by atoms with van der Waals surface area (Å²) in [6.45, 7) is 2.09. The maximum atomic E-state index is 12.3. The molecular formula is C18H21N3O3. The van der Waals surface area contributed by atoms with E-state index in [0.717, 1.165) is 25.0 Å². The molecular weight excluding hydrogens is 306 g/mol. The van der Waals surface area contributed by atoms with E-state index in [1.807, 2.05) is 12.1 Å². The van der Waals surface area contributed by atoms with Gasteiger partial charge in [0, 0.05) is 31.4 Å². The Bertz CT molecular complexity index is 725. The molecule has 2 aromatic rings. The first-order valence-corrected chi connectivity index (χ1v) is 8.39. The smallest absolute Gasteiger partial charge is 0.229 e. The number of hydrogen-bond acceptors (Lipinski definition) is 5. The third-order valence-corrected chi connectivity index (χ3v) is 4.24. The molecule has 0 spiro atoms. The molecule has 2 heterocycles. The Morgan fingerprint density at radius 3 is 3.00 bits per heavy atom.